The van der Waals surface area contributed by atoms with Crippen LogP contribution in [0.5, 0.6) is 5.75 Å². The van der Waals surface area contributed by atoms with Crippen LogP contribution in [0.1, 0.15) is 64.8 Å². The molecule has 1 N–H and O–H groups in total. The van der Waals surface area contributed by atoms with Gasteiger partial charge in [-0.1, -0.05) is 12.1 Å². The largest absolute Gasteiger partial charge is 0.488 e. The van der Waals surface area contributed by atoms with E-state index in [0.29, 0.717) is 42.7 Å². The topological polar surface area (TPSA) is 106 Å². The van der Waals surface area contributed by atoms with Crippen LogP contribution in [0.25, 0.3) is 11.0 Å². The SMILES string of the molecule is O=C1c2cccc(C34CNCC(C3)O4)c2C(=O)N1[C@H]1CC[C@@H](Oc2cc(N3CC4CC(C3)O4)cc3nccnc23)CC1. The number of imide groups is 1. The summed E-state index contributed by atoms with van der Waals surface area (Å²) in [6.07, 6.45) is 9.08. The van der Waals surface area contributed by atoms with Crippen LogP contribution in [0, 0.1) is 0 Å². The van der Waals surface area contributed by atoms with Crippen LogP contribution < -0.4 is 15.0 Å². The number of fused-ring (bicyclic) bond motifs is 6. The van der Waals surface area contributed by atoms with E-state index in [-0.39, 0.29) is 30.1 Å². The molecular formula is C32H33N5O5. The first-order valence-corrected chi connectivity index (χ1v) is 15.3. The molecule has 7 aliphatic heterocycles. The van der Waals surface area contributed by atoms with E-state index in [1.54, 1.807) is 18.5 Å². The van der Waals surface area contributed by atoms with Gasteiger partial charge in [-0.15, -0.1) is 0 Å². The van der Waals surface area contributed by atoms with E-state index < -0.39 is 5.60 Å². The molecular weight excluding hydrogens is 534 g/mol. The quantitative estimate of drug-likeness (QED) is 0.466. The first-order valence-electron chi connectivity index (χ1n) is 15.3. The van der Waals surface area contributed by atoms with Gasteiger partial charge in [-0.2, -0.15) is 0 Å². The number of morpholine rings is 2. The van der Waals surface area contributed by atoms with Crippen molar-refractivity contribution in [2.45, 2.75) is 74.6 Å². The molecule has 2 amide bonds. The summed E-state index contributed by atoms with van der Waals surface area (Å²) in [6, 6.07) is 9.66. The Morgan fingerprint density at radius 2 is 1.76 bits per heavy atom. The minimum absolute atomic E-state index is 0.0296. The number of aromatic nitrogens is 2. The Balaban J connectivity index is 0.925. The van der Waals surface area contributed by atoms with Crippen molar-refractivity contribution in [2.24, 2.45) is 0 Å². The number of carbonyl (C=O) groups excluding carboxylic acids is 2. The molecule has 4 bridgehead atoms. The third-order valence-corrected chi connectivity index (χ3v) is 10.1. The molecule has 1 aromatic heterocycles. The van der Waals surface area contributed by atoms with Gasteiger partial charge in [0, 0.05) is 69.2 Å². The Morgan fingerprint density at radius 3 is 2.52 bits per heavy atom. The van der Waals surface area contributed by atoms with Crippen molar-refractivity contribution in [3.63, 3.8) is 0 Å². The highest BCUT2D eigenvalue weighted by Gasteiger charge is 2.54. The van der Waals surface area contributed by atoms with E-state index in [1.807, 2.05) is 12.1 Å². The van der Waals surface area contributed by atoms with Gasteiger partial charge in [0.15, 0.2) is 0 Å². The number of amides is 2. The van der Waals surface area contributed by atoms with Gasteiger partial charge in [0.05, 0.1) is 41.1 Å². The number of benzene rings is 2. The summed E-state index contributed by atoms with van der Waals surface area (Å²) in [5.74, 6) is 0.373. The van der Waals surface area contributed by atoms with Gasteiger partial charge < -0.3 is 24.4 Å². The van der Waals surface area contributed by atoms with E-state index in [0.717, 1.165) is 73.4 Å². The molecule has 10 heteroatoms. The smallest absolute Gasteiger partial charge is 0.262 e. The summed E-state index contributed by atoms with van der Waals surface area (Å²) in [7, 11) is 0. The Hall–Kier alpha value is -3.60. The minimum atomic E-state index is -0.506. The fourth-order valence-electron chi connectivity index (χ4n) is 8.09. The summed E-state index contributed by atoms with van der Waals surface area (Å²) in [4.78, 5) is 40.4. The summed E-state index contributed by atoms with van der Waals surface area (Å²) in [5, 5.41) is 3.41. The molecule has 11 rings (SSSR count). The van der Waals surface area contributed by atoms with Gasteiger partial charge in [0.2, 0.25) is 0 Å². The second-order valence-corrected chi connectivity index (χ2v) is 12.7. The molecule has 0 spiro atoms. The number of nitrogens with zero attached hydrogens (tertiary/aromatic N) is 4. The number of hydrogen-bond acceptors (Lipinski definition) is 9. The number of hydrogen-bond donors (Lipinski definition) is 1. The molecule has 42 heavy (non-hydrogen) atoms. The van der Waals surface area contributed by atoms with Crippen LogP contribution in [-0.4, -0.2) is 83.3 Å². The third-order valence-electron chi connectivity index (χ3n) is 10.1. The molecule has 1 saturated carbocycles. The summed E-state index contributed by atoms with van der Waals surface area (Å²) >= 11 is 0. The van der Waals surface area contributed by atoms with Crippen molar-refractivity contribution in [2.75, 3.05) is 31.1 Å². The average Bonchev–Trinajstić information content (AvgIpc) is 3.26. The zero-order valence-corrected chi connectivity index (χ0v) is 23.3. The van der Waals surface area contributed by atoms with Crippen LogP contribution in [0.2, 0.25) is 0 Å². The highest BCUT2D eigenvalue weighted by atomic mass is 16.5. The van der Waals surface area contributed by atoms with Gasteiger partial charge in [0.25, 0.3) is 11.8 Å². The molecule has 3 aromatic rings. The molecule has 1 aliphatic carbocycles. The van der Waals surface area contributed by atoms with Gasteiger partial charge in [-0.3, -0.25) is 19.5 Å². The van der Waals surface area contributed by atoms with Crippen molar-refractivity contribution in [3.8, 4) is 5.75 Å². The lowest BCUT2D eigenvalue weighted by Crippen LogP contribution is -2.63. The Bertz CT molecular complexity index is 1590. The molecule has 10 nitrogen and oxygen atoms in total. The zero-order valence-electron chi connectivity index (χ0n) is 23.3. The highest BCUT2D eigenvalue weighted by molar-refractivity contribution is 6.22. The zero-order chi connectivity index (χ0) is 28.0. The van der Waals surface area contributed by atoms with Crippen molar-refractivity contribution >= 4 is 28.5 Å². The number of rotatable bonds is 5. The number of piperidine rings is 2. The number of nitrogens with one attached hydrogen (secondary N) is 1. The maximum Gasteiger partial charge on any atom is 0.262 e. The van der Waals surface area contributed by atoms with Gasteiger partial charge in [-0.25, -0.2) is 4.98 Å². The summed E-state index contributed by atoms with van der Waals surface area (Å²) in [6.45, 7) is 3.25. The first-order chi connectivity index (χ1) is 20.5. The summed E-state index contributed by atoms with van der Waals surface area (Å²) < 4.78 is 18.7. The lowest BCUT2D eigenvalue weighted by atomic mass is 9.77. The van der Waals surface area contributed by atoms with Crippen LogP contribution in [-0.2, 0) is 15.1 Å². The molecule has 8 heterocycles. The average molecular weight is 568 g/mol. The Labute approximate surface area is 243 Å². The van der Waals surface area contributed by atoms with Crippen LogP contribution in [0.3, 0.4) is 0 Å². The number of carbonyl (C=O) groups is 2. The molecule has 7 fully saturated rings. The van der Waals surface area contributed by atoms with Crippen molar-refractivity contribution in [1.82, 2.24) is 20.2 Å². The van der Waals surface area contributed by atoms with E-state index in [2.05, 4.69) is 32.3 Å². The molecule has 216 valence electrons. The van der Waals surface area contributed by atoms with Crippen LogP contribution in [0.4, 0.5) is 5.69 Å². The Kier molecular flexibility index (Phi) is 5.46. The van der Waals surface area contributed by atoms with E-state index in [9.17, 15) is 9.59 Å². The minimum Gasteiger partial charge on any atom is -0.488 e. The maximum atomic E-state index is 13.8. The number of ether oxygens (including phenoxy) is 3. The van der Waals surface area contributed by atoms with E-state index >= 15 is 0 Å². The monoisotopic (exact) mass is 567 g/mol. The predicted octanol–water partition coefficient (Wildman–Crippen LogP) is 3.18. The molecule has 6 saturated heterocycles. The maximum absolute atomic E-state index is 13.8. The molecule has 2 aromatic carbocycles. The summed E-state index contributed by atoms with van der Waals surface area (Å²) in [5.41, 5.74) is 4.04. The third kappa shape index (κ3) is 3.74. The van der Waals surface area contributed by atoms with Crippen molar-refractivity contribution in [1.29, 1.82) is 0 Å². The predicted molar refractivity (Wildman–Crippen MR) is 153 cm³/mol. The second kappa shape index (κ2) is 9.20. The first kappa shape index (κ1) is 24.9. The van der Waals surface area contributed by atoms with Gasteiger partial charge >= 0.3 is 0 Å². The van der Waals surface area contributed by atoms with E-state index in [4.69, 9.17) is 14.2 Å². The normalized spacial score (nSPS) is 33.3. The van der Waals surface area contributed by atoms with Crippen LogP contribution >= 0.6 is 0 Å². The molecule has 0 radical (unpaired) electrons. The van der Waals surface area contributed by atoms with Gasteiger partial charge in [0.1, 0.15) is 16.9 Å². The fourth-order valence-corrected chi connectivity index (χ4v) is 8.09. The highest BCUT2D eigenvalue weighted by Crippen LogP contribution is 2.47. The molecule has 4 atom stereocenters. The lowest BCUT2D eigenvalue weighted by molar-refractivity contribution is -0.231. The van der Waals surface area contributed by atoms with E-state index in [1.165, 1.54) is 4.90 Å². The van der Waals surface area contributed by atoms with Crippen molar-refractivity contribution in [3.05, 3.63) is 59.4 Å². The lowest BCUT2D eigenvalue weighted by Gasteiger charge is -2.53. The molecule has 4 unspecified atom stereocenters. The second-order valence-electron chi connectivity index (χ2n) is 12.7. The molecule has 8 aliphatic rings. The fraction of sp³-hybridized carbons (Fsp3) is 0.500. The van der Waals surface area contributed by atoms with Crippen molar-refractivity contribution < 1.29 is 23.8 Å². The standard InChI is InChI=1S/C32H33N5O5/c38-30-24-2-1-3-25(32-13-23(42-32)14-33-17-32)28(24)31(39)37(30)18-4-6-20(7-5-18)41-27-11-19(10-26-29(27)35-9-8-34-26)36-15-21-12-22(16-36)40-21/h1-3,8-11,18,20-23,33H,4-7,12-17H2/t18-,20+,21?,22?,23?,32?. The van der Waals surface area contributed by atoms with Crippen LogP contribution in [0.15, 0.2) is 42.7 Å². The number of anilines is 1. The Morgan fingerprint density at radius 1 is 0.976 bits per heavy atom. The van der Waals surface area contributed by atoms with Gasteiger partial charge in [-0.05, 0) is 43.4 Å².